The monoisotopic (exact) mass is 233 g/mol. The van der Waals surface area contributed by atoms with Gasteiger partial charge in [0.2, 0.25) is 0 Å². The zero-order valence-electron chi connectivity index (χ0n) is 8.78. The van der Waals surface area contributed by atoms with Crippen LogP contribution in [0.1, 0.15) is 10.5 Å². The van der Waals surface area contributed by atoms with Gasteiger partial charge in [-0.15, -0.1) is 0 Å². The first-order chi connectivity index (χ1) is 8.11. The van der Waals surface area contributed by atoms with Gasteiger partial charge in [0.05, 0.1) is 29.3 Å². The lowest BCUT2D eigenvalue weighted by molar-refractivity contribution is -0.384. The Labute approximate surface area is 95.2 Å². The van der Waals surface area contributed by atoms with Gasteiger partial charge in [0.1, 0.15) is 0 Å². The lowest BCUT2D eigenvalue weighted by Crippen LogP contribution is -2.05. The molecule has 0 saturated heterocycles. The molecule has 0 spiro atoms. The first-order valence-corrected chi connectivity index (χ1v) is 4.61. The minimum atomic E-state index is -0.599. The number of fused-ring (bicyclic) bond motifs is 1. The highest BCUT2D eigenvalue weighted by Crippen LogP contribution is 2.17. The van der Waals surface area contributed by atoms with E-state index in [-0.39, 0.29) is 11.4 Å². The molecule has 0 unspecified atom stereocenters. The Hall–Kier alpha value is -2.57. The maximum atomic E-state index is 11.2. The minimum absolute atomic E-state index is 0.0638. The van der Waals surface area contributed by atoms with Crippen molar-refractivity contribution in [3.63, 3.8) is 0 Å². The van der Waals surface area contributed by atoms with Crippen LogP contribution in [0.3, 0.4) is 0 Å². The smallest absolute Gasteiger partial charge is 0.358 e. The Morgan fingerprint density at radius 1 is 1.41 bits per heavy atom. The fraction of sp³-hybridized carbons (Fsp3) is 0.100. The number of benzene rings is 1. The molecule has 7 heteroatoms. The standard InChI is InChI=1S/C10H7N3O4/c1-17-10(14)9-5-11-8-4-6(13(15)16)2-3-7(8)12-9/h2-5H,1H3. The molecule has 1 aromatic carbocycles. The number of non-ortho nitro benzene ring substituents is 1. The molecule has 0 bridgehead atoms. The molecule has 2 rings (SSSR count). The zero-order chi connectivity index (χ0) is 12.4. The van der Waals surface area contributed by atoms with Crippen LogP contribution in [-0.2, 0) is 4.74 Å². The Morgan fingerprint density at radius 3 is 2.82 bits per heavy atom. The summed E-state index contributed by atoms with van der Waals surface area (Å²) in [5.74, 6) is -0.599. The molecule has 17 heavy (non-hydrogen) atoms. The van der Waals surface area contributed by atoms with Gasteiger partial charge in [-0.3, -0.25) is 15.1 Å². The second kappa shape index (κ2) is 4.12. The molecule has 1 aromatic heterocycles. The van der Waals surface area contributed by atoms with E-state index in [9.17, 15) is 14.9 Å². The zero-order valence-corrected chi connectivity index (χ0v) is 8.78. The van der Waals surface area contributed by atoms with E-state index in [0.29, 0.717) is 11.0 Å². The number of nitro groups is 1. The number of nitro benzene ring substituents is 1. The number of hydrogen-bond acceptors (Lipinski definition) is 6. The van der Waals surface area contributed by atoms with Gasteiger partial charge >= 0.3 is 5.97 Å². The van der Waals surface area contributed by atoms with Crippen LogP contribution in [0.5, 0.6) is 0 Å². The van der Waals surface area contributed by atoms with Gasteiger partial charge in [-0.25, -0.2) is 9.78 Å². The third-order valence-corrected chi connectivity index (χ3v) is 2.13. The van der Waals surface area contributed by atoms with E-state index in [1.54, 1.807) is 0 Å². The van der Waals surface area contributed by atoms with Crippen LogP contribution in [0.2, 0.25) is 0 Å². The van der Waals surface area contributed by atoms with Crippen molar-refractivity contribution in [3.8, 4) is 0 Å². The van der Waals surface area contributed by atoms with Gasteiger partial charge in [0.25, 0.3) is 5.69 Å². The van der Waals surface area contributed by atoms with E-state index in [1.165, 1.54) is 31.5 Å². The summed E-state index contributed by atoms with van der Waals surface area (Å²) < 4.78 is 4.50. The quantitative estimate of drug-likeness (QED) is 0.441. The van der Waals surface area contributed by atoms with Gasteiger partial charge in [0, 0.05) is 12.1 Å². The summed E-state index contributed by atoms with van der Waals surface area (Å²) in [6.45, 7) is 0. The number of aromatic nitrogens is 2. The van der Waals surface area contributed by atoms with Gasteiger partial charge in [-0.05, 0) is 6.07 Å². The molecule has 86 valence electrons. The highest BCUT2D eigenvalue weighted by molar-refractivity contribution is 5.89. The van der Waals surface area contributed by atoms with Crippen LogP contribution in [0.25, 0.3) is 11.0 Å². The van der Waals surface area contributed by atoms with Gasteiger partial charge in [-0.2, -0.15) is 0 Å². The van der Waals surface area contributed by atoms with Crippen molar-refractivity contribution in [3.05, 3.63) is 40.2 Å². The van der Waals surface area contributed by atoms with Crippen molar-refractivity contribution in [2.45, 2.75) is 0 Å². The number of nitrogens with zero attached hydrogens (tertiary/aromatic N) is 3. The second-order valence-electron chi connectivity index (χ2n) is 3.18. The predicted octanol–water partition coefficient (Wildman–Crippen LogP) is 1.32. The maximum absolute atomic E-state index is 11.2. The third-order valence-electron chi connectivity index (χ3n) is 2.13. The van der Waals surface area contributed by atoms with E-state index in [4.69, 9.17) is 0 Å². The lowest BCUT2D eigenvalue weighted by atomic mass is 10.2. The molecule has 0 aliphatic carbocycles. The lowest BCUT2D eigenvalue weighted by Gasteiger charge is -2.00. The number of methoxy groups -OCH3 is 1. The molecule has 0 N–H and O–H groups in total. The molecule has 7 nitrogen and oxygen atoms in total. The van der Waals surface area contributed by atoms with Crippen LogP contribution >= 0.6 is 0 Å². The molecule has 1 heterocycles. The van der Waals surface area contributed by atoms with Gasteiger partial charge in [-0.1, -0.05) is 0 Å². The van der Waals surface area contributed by atoms with Crippen molar-refractivity contribution >= 4 is 22.7 Å². The third kappa shape index (κ3) is 2.03. The first-order valence-electron chi connectivity index (χ1n) is 4.61. The summed E-state index contributed by atoms with van der Waals surface area (Å²) in [6.07, 6.45) is 1.22. The van der Waals surface area contributed by atoms with Crippen LogP contribution in [-0.4, -0.2) is 28.0 Å². The van der Waals surface area contributed by atoms with Gasteiger partial charge < -0.3 is 4.74 Å². The number of rotatable bonds is 2. The summed E-state index contributed by atoms with van der Waals surface area (Å²) in [6, 6.07) is 4.04. The van der Waals surface area contributed by atoms with Crippen LogP contribution in [0.15, 0.2) is 24.4 Å². The van der Waals surface area contributed by atoms with Crippen molar-refractivity contribution in [1.82, 2.24) is 9.97 Å². The van der Waals surface area contributed by atoms with Crippen molar-refractivity contribution in [2.24, 2.45) is 0 Å². The number of ether oxygens (including phenoxy) is 1. The molecule has 0 fully saturated rings. The number of hydrogen-bond donors (Lipinski definition) is 0. The number of carbonyl (C=O) groups is 1. The predicted molar refractivity (Wildman–Crippen MR) is 57.5 cm³/mol. The van der Waals surface area contributed by atoms with E-state index < -0.39 is 10.9 Å². The Bertz CT molecular complexity index is 612. The van der Waals surface area contributed by atoms with E-state index in [0.717, 1.165) is 0 Å². The van der Waals surface area contributed by atoms with Crippen molar-refractivity contribution in [1.29, 1.82) is 0 Å². The molecule has 0 saturated carbocycles. The van der Waals surface area contributed by atoms with Crippen LogP contribution < -0.4 is 0 Å². The fourth-order valence-electron chi connectivity index (χ4n) is 1.32. The average molecular weight is 233 g/mol. The SMILES string of the molecule is COC(=O)c1cnc2cc([N+](=O)[O-])ccc2n1. The molecular weight excluding hydrogens is 226 g/mol. The van der Waals surface area contributed by atoms with E-state index >= 15 is 0 Å². The summed E-state index contributed by atoms with van der Waals surface area (Å²) in [5.41, 5.74) is 0.747. The largest absolute Gasteiger partial charge is 0.464 e. The number of carbonyl (C=O) groups excluding carboxylic acids is 1. The Kier molecular flexibility index (Phi) is 2.65. The molecule has 2 aromatic rings. The molecule has 0 amide bonds. The van der Waals surface area contributed by atoms with Crippen molar-refractivity contribution < 1.29 is 14.5 Å². The normalized spacial score (nSPS) is 10.2. The molecule has 0 aliphatic heterocycles. The highest BCUT2D eigenvalue weighted by atomic mass is 16.6. The average Bonchev–Trinajstić information content (AvgIpc) is 2.36. The van der Waals surface area contributed by atoms with Crippen LogP contribution in [0.4, 0.5) is 5.69 Å². The maximum Gasteiger partial charge on any atom is 0.358 e. The molecular formula is C10H7N3O4. The van der Waals surface area contributed by atoms with Crippen LogP contribution in [0, 0.1) is 10.1 Å². The highest BCUT2D eigenvalue weighted by Gasteiger charge is 2.11. The Morgan fingerprint density at radius 2 is 2.18 bits per heavy atom. The summed E-state index contributed by atoms with van der Waals surface area (Å²) in [4.78, 5) is 29.1. The number of esters is 1. The first kappa shape index (κ1) is 10.9. The van der Waals surface area contributed by atoms with Gasteiger partial charge in [0.15, 0.2) is 5.69 Å². The molecule has 0 atom stereocenters. The summed E-state index contributed by atoms with van der Waals surface area (Å²) in [7, 11) is 1.24. The molecule has 0 aliphatic rings. The second-order valence-corrected chi connectivity index (χ2v) is 3.18. The summed E-state index contributed by atoms with van der Waals surface area (Å²) >= 11 is 0. The summed E-state index contributed by atoms with van der Waals surface area (Å²) in [5, 5.41) is 10.5. The van der Waals surface area contributed by atoms with E-state index in [1.807, 2.05) is 0 Å². The van der Waals surface area contributed by atoms with E-state index in [2.05, 4.69) is 14.7 Å². The van der Waals surface area contributed by atoms with Crippen molar-refractivity contribution in [2.75, 3.05) is 7.11 Å². The topological polar surface area (TPSA) is 95.2 Å². The minimum Gasteiger partial charge on any atom is -0.464 e. The fourth-order valence-corrected chi connectivity index (χ4v) is 1.32. The Balaban J connectivity index is 2.54. The molecule has 0 radical (unpaired) electrons.